The van der Waals surface area contributed by atoms with Crippen molar-refractivity contribution in [3.05, 3.63) is 23.9 Å². The summed E-state index contributed by atoms with van der Waals surface area (Å²) < 4.78 is 5.75. The predicted octanol–water partition coefficient (Wildman–Crippen LogP) is 3.73. The molecule has 0 radical (unpaired) electrons. The molecule has 1 heterocycles. The molecule has 132 valence electrons. The number of aromatic nitrogens is 1. The number of pyridine rings is 1. The van der Waals surface area contributed by atoms with E-state index in [1.54, 1.807) is 6.20 Å². The molecule has 1 unspecified atom stereocenters. The summed E-state index contributed by atoms with van der Waals surface area (Å²) in [6, 6.07) is 4.34. The fraction of sp³-hybridized carbons (Fsp3) is 0.647. The van der Waals surface area contributed by atoms with Gasteiger partial charge >= 0.3 is 0 Å². The SMILES string of the molecule is CCCCOc1ncccc1CN=C(NCC)NC(C)CC.I. The number of unbranched alkanes of at least 4 members (excludes halogenated alkanes) is 1. The molecule has 23 heavy (non-hydrogen) atoms. The number of hydrogen-bond donors (Lipinski definition) is 2. The fourth-order valence-corrected chi connectivity index (χ4v) is 1.81. The molecule has 0 amide bonds. The summed E-state index contributed by atoms with van der Waals surface area (Å²) in [5.74, 6) is 1.53. The van der Waals surface area contributed by atoms with Crippen molar-refractivity contribution in [1.29, 1.82) is 0 Å². The van der Waals surface area contributed by atoms with Gasteiger partial charge in [0.1, 0.15) is 0 Å². The van der Waals surface area contributed by atoms with Gasteiger partial charge in [-0.1, -0.05) is 26.3 Å². The van der Waals surface area contributed by atoms with Gasteiger partial charge in [-0.25, -0.2) is 9.98 Å². The first kappa shape index (κ1) is 21.9. The van der Waals surface area contributed by atoms with Gasteiger partial charge in [0.15, 0.2) is 5.96 Å². The maximum atomic E-state index is 5.75. The number of rotatable bonds is 9. The highest BCUT2D eigenvalue weighted by Crippen LogP contribution is 2.15. The summed E-state index contributed by atoms with van der Waals surface area (Å²) in [5.41, 5.74) is 1.01. The average molecular weight is 434 g/mol. The van der Waals surface area contributed by atoms with Crippen LogP contribution in [-0.4, -0.2) is 30.1 Å². The van der Waals surface area contributed by atoms with Gasteiger partial charge in [-0.3, -0.25) is 0 Å². The van der Waals surface area contributed by atoms with E-state index >= 15 is 0 Å². The summed E-state index contributed by atoms with van der Waals surface area (Å²) in [5, 5.41) is 6.65. The lowest BCUT2D eigenvalue weighted by Gasteiger charge is -2.16. The second kappa shape index (κ2) is 13.4. The monoisotopic (exact) mass is 434 g/mol. The highest BCUT2D eigenvalue weighted by Gasteiger charge is 2.06. The first-order valence-electron chi connectivity index (χ1n) is 8.32. The number of halogens is 1. The fourth-order valence-electron chi connectivity index (χ4n) is 1.81. The number of hydrogen-bond acceptors (Lipinski definition) is 3. The Balaban J connectivity index is 0.00000484. The van der Waals surface area contributed by atoms with Gasteiger partial charge < -0.3 is 15.4 Å². The van der Waals surface area contributed by atoms with Crippen molar-refractivity contribution in [2.45, 2.75) is 59.5 Å². The molecule has 0 spiro atoms. The smallest absolute Gasteiger partial charge is 0.218 e. The summed E-state index contributed by atoms with van der Waals surface area (Å²) in [4.78, 5) is 8.95. The quantitative estimate of drug-likeness (QED) is 0.269. The minimum Gasteiger partial charge on any atom is -0.477 e. The largest absolute Gasteiger partial charge is 0.477 e. The predicted molar refractivity (Wildman–Crippen MR) is 108 cm³/mol. The molecule has 5 nitrogen and oxygen atoms in total. The maximum absolute atomic E-state index is 5.75. The second-order valence-electron chi connectivity index (χ2n) is 5.32. The molecule has 0 aliphatic heterocycles. The Bertz CT molecular complexity index is 454. The number of guanidine groups is 1. The van der Waals surface area contributed by atoms with Crippen molar-refractivity contribution in [2.24, 2.45) is 4.99 Å². The van der Waals surface area contributed by atoms with Gasteiger partial charge in [0.05, 0.1) is 13.2 Å². The van der Waals surface area contributed by atoms with Crippen LogP contribution in [0.5, 0.6) is 5.88 Å². The molecule has 0 fully saturated rings. The topological polar surface area (TPSA) is 58.5 Å². The van der Waals surface area contributed by atoms with E-state index in [1.165, 1.54) is 0 Å². The lowest BCUT2D eigenvalue weighted by Crippen LogP contribution is -2.41. The minimum atomic E-state index is 0. The normalized spacial score (nSPS) is 12.3. The van der Waals surface area contributed by atoms with Crippen molar-refractivity contribution in [1.82, 2.24) is 15.6 Å². The Labute approximate surface area is 157 Å². The molecule has 0 aromatic carbocycles. The van der Waals surface area contributed by atoms with E-state index in [2.05, 4.69) is 48.3 Å². The summed E-state index contributed by atoms with van der Waals surface area (Å²) in [6.07, 6.45) is 4.97. The van der Waals surface area contributed by atoms with E-state index in [-0.39, 0.29) is 24.0 Å². The molecule has 1 aromatic heterocycles. The maximum Gasteiger partial charge on any atom is 0.218 e. The Kier molecular flexibility index (Phi) is 12.8. The van der Waals surface area contributed by atoms with Crippen LogP contribution in [0.15, 0.2) is 23.3 Å². The van der Waals surface area contributed by atoms with E-state index in [0.29, 0.717) is 25.1 Å². The van der Waals surface area contributed by atoms with Gasteiger partial charge in [-0.15, -0.1) is 24.0 Å². The van der Waals surface area contributed by atoms with Crippen molar-refractivity contribution in [2.75, 3.05) is 13.2 Å². The third-order valence-corrected chi connectivity index (χ3v) is 3.33. The second-order valence-corrected chi connectivity index (χ2v) is 5.32. The lowest BCUT2D eigenvalue weighted by atomic mass is 10.2. The summed E-state index contributed by atoms with van der Waals surface area (Å²) in [7, 11) is 0. The van der Waals surface area contributed by atoms with Crippen LogP contribution in [-0.2, 0) is 6.54 Å². The molecule has 1 aromatic rings. The molecule has 0 saturated carbocycles. The molecule has 0 bridgehead atoms. The highest BCUT2D eigenvalue weighted by atomic mass is 127. The van der Waals surface area contributed by atoms with Crippen molar-refractivity contribution in [3.8, 4) is 5.88 Å². The van der Waals surface area contributed by atoms with E-state index in [4.69, 9.17) is 4.74 Å². The number of aliphatic imine (C=N–C) groups is 1. The first-order chi connectivity index (χ1) is 10.7. The van der Waals surface area contributed by atoms with Gasteiger partial charge in [0.25, 0.3) is 0 Å². The third-order valence-electron chi connectivity index (χ3n) is 3.33. The zero-order chi connectivity index (χ0) is 16.2. The highest BCUT2D eigenvalue weighted by molar-refractivity contribution is 14.0. The van der Waals surface area contributed by atoms with Gasteiger partial charge in [0, 0.05) is 24.3 Å². The molecule has 1 atom stereocenters. The van der Waals surface area contributed by atoms with Crippen molar-refractivity contribution >= 4 is 29.9 Å². The zero-order valence-electron chi connectivity index (χ0n) is 14.8. The molecule has 0 aliphatic carbocycles. The van der Waals surface area contributed by atoms with E-state index < -0.39 is 0 Å². The molecule has 2 N–H and O–H groups in total. The molecule has 1 rings (SSSR count). The van der Waals surface area contributed by atoms with Gasteiger partial charge in [-0.2, -0.15) is 0 Å². The summed E-state index contributed by atoms with van der Waals surface area (Å²) >= 11 is 0. The molecular formula is C17H31IN4O. The molecule has 0 saturated heterocycles. The van der Waals surface area contributed by atoms with Crippen LogP contribution in [0.1, 0.15) is 52.5 Å². The van der Waals surface area contributed by atoms with Crippen LogP contribution in [0.25, 0.3) is 0 Å². The zero-order valence-corrected chi connectivity index (χ0v) is 17.1. The average Bonchev–Trinajstić information content (AvgIpc) is 2.54. The minimum absolute atomic E-state index is 0. The van der Waals surface area contributed by atoms with E-state index in [1.807, 2.05) is 12.1 Å². The van der Waals surface area contributed by atoms with Crippen LogP contribution in [0, 0.1) is 0 Å². The van der Waals surface area contributed by atoms with E-state index in [0.717, 1.165) is 37.3 Å². The van der Waals surface area contributed by atoms with Gasteiger partial charge in [0.2, 0.25) is 5.88 Å². The standard InChI is InChI=1S/C17H30N4O.HI/c1-5-8-12-22-16-15(10-9-11-19-16)13-20-17(18-7-3)21-14(4)6-2;/h9-11,14H,5-8,12-13H2,1-4H3,(H2,18,20,21);1H. The van der Waals surface area contributed by atoms with Crippen molar-refractivity contribution in [3.63, 3.8) is 0 Å². The van der Waals surface area contributed by atoms with Crippen molar-refractivity contribution < 1.29 is 4.74 Å². The van der Waals surface area contributed by atoms with Crippen LogP contribution in [0.3, 0.4) is 0 Å². The Morgan fingerprint density at radius 1 is 1.35 bits per heavy atom. The van der Waals surface area contributed by atoms with Crippen LogP contribution >= 0.6 is 24.0 Å². The number of ether oxygens (including phenoxy) is 1. The van der Waals surface area contributed by atoms with Crippen LogP contribution < -0.4 is 15.4 Å². The Hall–Kier alpha value is -1.05. The Morgan fingerprint density at radius 3 is 2.78 bits per heavy atom. The van der Waals surface area contributed by atoms with Gasteiger partial charge in [-0.05, 0) is 32.8 Å². The first-order valence-corrected chi connectivity index (χ1v) is 8.32. The van der Waals surface area contributed by atoms with E-state index in [9.17, 15) is 0 Å². The molecular weight excluding hydrogens is 403 g/mol. The van der Waals surface area contributed by atoms with Crippen LogP contribution in [0.2, 0.25) is 0 Å². The third kappa shape index (κ3) is 8.98. The molecule has 0 aliphatic rings. The molecule has 6 heteroatoms. The number of nitrogens with one attached hydrogen (secondary N) is 2. The summed E-state index contributed by atoms with van der Waals surface area (Å²) in [6.45, 7) is 10.6. The van der Waals surface area contributed by atoms with Crippen LogP contribution in [0.4, 0.5) is 0 Å². The number of nitrogens with zero attached hydrogens (tertiary/aromatic N) is 2. The Morgan fingerprint density at radius 2 is 2.13 bits per heavy atom. The lowest BCUT2D eigenvalue weighted by molar-refractivity contribution is 0.294.